The third-order valence-electron chi connectivity index (χ3n) is 1.46. The van der Waals surface area contributed by atoms with Crippen LogP contribution < -0.4 is 5.84 Å². The molecule has 1 aromatic rings. The molecule has 0 bridgehead atoms. The molecule has 0 radical (unpaired) electrons. The molecule has 3 N–H and O–H groups in total. The Hall–Kier alpha value is -1.55. The van der Waals surface area contributed by atoms with Crippen LogP contribution in [0, 0.1) is 0 Å². The minimum atomic E-state index is -1.02. The minimum Gasteiger partial charge on any atom is -0.478 e. The number of nitrogens with zero attached hydrogens (tertiary/aromatic N) is 1. The lowest BCUT2D eigenvalue weighted by Gasteiger charge is -1.98. The molecule has 0 aromatic heterocycles. The van der Waals surface area contributed by atoms with Gasteiger partial charge in [-0.25, -0.2) is 4.79 Å². The maximum absolute atomic E-state index is 10.5. The highest BCUT2D eigenvalue weighted by atomic mass is 35.5. The van der Waals surface area contributed by atoms with Crippen LogP contribution in [0.25, 0.3) is 0 Å². The Morgan fingerprint density at radius 3 is 2.77 bits per heavy atom. The number of aromatic carboxylic acids is 1. The highest BCUT2D eigenvalue weighted by molar-refractivity contribution is 6.33. The summed E-state index contributed by atoms with van der Waals surface area (Å²) in [6.07, 6.45) is 1.36. The number of benzene rings is 1. The minimum absolute atomic E-state index is 0.138. The second-order valence-corrected chi connectivity index (χ2v) is 2.73. The van der Waals surface area contributed by atoms with Gasteiger partial charge < -0.3 is 10.9 Å². The number of rotatable bonds is 2. The standard InChI is InChI=1S/C8H7ClN2O2/c9-7-3-5(8(12)13)1-2-6(7)4-11-10/h1-4H,10H2,(H,12,13)/b11-4+. The first-order chi connectivity index (χ1) is 6.15. The van der Waals surface area contributed by atoms with Gasteiger partial charge in [0.1, 0.15) is 0 Å². The van der Waals surface area contributed by atoms with E-state index in [2.05, 4.69) is 5.10 Å². The van der Waals surface area contributed by atoms with E-state index in [1.54, 1.807) is 6.07 Å². The van der Waals surface area contributed by atoms with Gasteiger partial charge >= 0.3 is 5.97 Å². The molecule has 13 heavy (non-hydrogen) atoms. The quantitative estimate of drug-likeness (QED) is 0.428. The SMILES string of the molecule is N/N=C/c1ccc(C(=O)O)cc1Cl. The van der Waals surface area contributed by atoms with Gasteiger partial charge in [-0.2, -0.15) is 5.10 Å². The first-order valence-electron chi connectivity index (χ1n) is 3.41. The monoisotopic (exact) mass is 198 g/mol. The van der Waals surface area contributed by atoms with Crippen LogP contribution >= 0.6 is 11.6 Å². The number of hydrazone groups is 1. The summed E-state index contributed by atoms with van der Waals surface area (Å²) < 4.78 is 0. The average molecular weight is 199 g/mol. The third kappa shape index (κ3) is 2.19. The zero-order valence-corrected chi connectivity index (χ0v) is 7.32. The van der Waals surface area contributed by atoms with Crippen molar-refractivity contribution in [1.29, 1.82) is 0 Å². The summed E-state index contributed by atoms with van der Waals surface area (Å²) in [4.78, 5) is 10.5. The fourth-order valence-electron chi connectivity index (χ4n) is 0.845. The largest absolute Gasteiger partial charge is 0.478 e. The lowest BCUT2D eigenvalue weighted by Crippen LogP contribution is -1.97. The first-order valence-corrected chi connectivity index (χ1v) is 3.79. The van der Waals surface area contributed by atoms with E-state index < -0.39 is 5.97 Å². The van der Waals surface area contributed by atoms with Gasteiger partial charge in [-0.3, -0.25) is 0 Å². The summed E-state index contributed by atoms with van der Waals surface area (Å²) >= 11 is 5.74. The molecule has 1 rings (SSSR count). The Balaban J connectivity index is 3.12. The Morgan fingerprint density at radius 1 is 1.62 bits per heavy atom. The molecule has 0 aliphatic carbocycles. The molecule has 0 fully saturated rings. The summed E-state index contributed by atoms with van der Waals surface area (Å²) in [5.74, 6) is 3.91. The van der Waals surface area contributed by atoms with Crippen LogP contribution in [0.15, 0.2) is 23.3 Å². The van der Waals surface area contributed by atoms with Gasteiger partial charge in [0.15, 0.2) is 0 Å². The molecule has 1 aromatic carbocycles. The van der Waals surface area contributed by atoms with Gasteiger partial charge in [0.2, 0.25) is 0 Å². The fraction of sp³-hybridized carbons (Fsp3) is 0. The summed E-state index contributed by atoms with van der Waals surface area (Å²) in [5.41, 5.74) is 0.730. The van der Waals surface area contributed by atoms with Gasteiger partial charge in [-0.05, 0) is 12.1 Å². The third-order valence-corrected chi connectivity index (χ3v) is 1.79. The number of hydrogen-bond donors (Lipinski definition) is 2. The molecule has 0 unspecified atom stereocenters. The van der Waals surface area contributed by atoms with E-state index in [0.29, 0.717) is 10.6 Å². The van der Waals surface area contributed by atoms with Crippen molar-refractivity contribution < 1.29 is 9.90 Å². The predicted octanol–water partition coefficient (Wildman–Crippen LogP) is 1.33. The van der Waals surface area contributed by atoms with E-state index in [-0.39, 0.29) is 5.56 Å². The molecule has 0 heterocycles. The molecule has 68 valence electrons. The van der Waals surface area contributed by atoms with Crippen molar-refractivity contribution >= 4 is 23.8 Å². The van der Waals surface area contributed by atoms with Crippen molar-refractivity contribution in [3.8, 4) is 0 Å². The van der Waals surface area contributed by atoms with E-state index in [4.69, 9.17) is 22.6 Å². The zero-order chi connectivity index (χ0) is 9.84. The molecular weight excluding hydrogens is 192 g/mol. The molecule has 0 spiro atoms. The molecule has 0 saturated heterocycles. The van der Waals surface area contributed by atoms with Crippen molar-refractivity contribution in [3.63, 3.8) is 0 Å². The van der Waals surface area contributed by atoms with Crippen LogP contribution in [0.3, 0.4) is 0 Å². The second-order valence-electron chi connectivity index (χ2n) is 2.32. The molecule has 0 saturated carbocycles. The lowest BCUT2D eigenvalue weighted by molar-refractivity contribution is 0.0697. The molecule has 0 aliphatic rings. The Labute approximate surface area is 79.6 Å². The fourth-order valence-corrected chi connectivity index (χ4v) is 1.07. The van der Waals surface area contributed by atoms with Crippen LogP contribution in [0.1, 0.15) is 15.9 Å². The summed E-state index contributed by atoms with van der Waals surface area (Å²) in [6.45, 7) is 0. The molecule has 0 atom stereocenters. The molecular formula is C8H7ClN2O2. The molecule has 5 heteroatoms. The van der Waals surface area contributed by atoms with E-state index in [1.165, 1.54) is 18.3 Å². The topological polar surface area (TPSA) is 75.7 Å². The van der Waals surface area contributed by atoms with Crippen LogP contribution in [-0.2, 0) is 0 Å². The number of halogens is 1. The van der Waals surface area contributed by atoms with E-state index >= 15 is 0 Å². The Kier molecular flexibility index (Phi) is 2.87. The maximum atomic E-state index is 10.5. The van der Waals surface area contributed by atoms with E-state index in [0.717, 1.165) is 0 Å². The van der Waals surface area contributed by atoms with Gasteiger partial charge in [0.05, 0.1) is 16.8 Å². The lowest BCUT2D eigenvalue weighted by atomic mass is 10.1. The highest BCUT2D eigenvalue weighted by Crippen LogP contribution is 2.16. The summed E-state index contributed by atoms with van der Waals surface area (Å²) in [7, 11) is 0. The number of carbonyl (C=O) groups is 1. The smallest absolute Gasteiger partial charge is 0.335 e. The van der Waals surface area contributed by atoms with Crippen LogP contribution in [-0.4, -0.2) is 17.3 Å². The first kappa shape index (κ1) is 9.54. The second kappa shape index (κ2) is 3.91. The van der Waals surface area contributed by atoms with Crippen molar-refractivity contribution in [2.24, 2.45) is 10.9 Å². The predicted molar refractivity (Wildman–Crippen MR) is 50.2 cm³/mol. The molecule has 4 nitrogen and oxygen atoms in total. The zero-order valence-electron chi connectivity index (χ0n) is 6.57. The van der Waals surface area contributed by atoms with Gasteiger partial charge in [-0.1, -0.05) is 17.7 Å². The van der Waals surface area contributed by atoms with Crippen molar-refractivity contribution in [2.75, 3.05) is 0 Å². The Bertz CT molecular complexity index is 363. The van der Waals surface area contributed by atoms with Gasteiger partial charge in [0, 0.05) is 5.56 Å². The average Bonchev–Trinajstić information content (AvgIpc) is 2.08. The maximum Gasteiger partial charge on any atom is 0.335 e. The van der Waals surface area contributed by atoms with Crippen molar-refractivity contribution in [3.05, 3.63) is 34.3 Å². The van der Waals surface area contributed by atoms with Gasteiger partial charge in [0.25, 0.3) is 0 Å². The molecule has 0 aliphatic heterocycles. The van der Waals surface area contributed by atoms with E-state index in [9.17, 15) is 4.79 Å². The van der Waals surface area contributed by atoms with Crippen molar-refractivity contribution in [2.45, 2.75) is 0 Å². The summed E-state index contributed by atoms with van der Waals surface area (Å²) in [6, 6.07) is 4.33. The normalized spacial score (nSPS) is 10.5. The van der Waals surface area contributed by atoms with E-state index in [1.807, 2.05) is 0 Å². The van der Waals surface area contributed by atoms with Crippen LogP contribution in [0.4, 0.5) is 0 Å². The molecule has 0 amide bonds. The number of nitrogens with two attached hydrogens (primary N) is 1. The number of carboxylic acid groups (broad SMARTS) is 1. The number of carboxylic acids is 1. The highest BCUT2D eigenvalue weighted by Gasteiger charge is 2.05. The van der Waals surface area contributed by atoms with Crippen LogP contribution in [0.2, 0.25) is 5.02 Å². The Morgan fingerprint density at radius 2 is 2.31 bits per heavy atom. The summed E-state index contributed by atoms with van der Waals surface area (Å²) in [5, 5.41) is 12.2. The van der Waals surface area contributed by atoms with Crippen LogP contribution in [0.5, 0.6) is 0 Å². The van der Waals surface area contributed by atoms with Crippen molar-refractivity contribution in [1.82, 2.24) is 0 Å². The number of hydrogen-bond acceptors (Lipinski definition) is 3. The van der Waals surface area contributed by atoms with Gasteiger partial charge in [-0.15, -0.1) is 0 Å².